The minimum absolute atomic E-state index is 0.656. The van der Waals surface area contributed by atoms with Gasteiger partial charge in [0.1, 0.15) is 11.6 Å². The van der Waals surface area contributed by atoms with Gasteiger partial charge in [0.25, 0.3) is 0 Å². The second-order valence-electron chi connectivity index (χ2n) is 2.65. The maximum atomic E-state index is 12.0. The Hall–Kier alpha value is -2.57. The first-order chi connectivity index (χ1) is 7.76. The summed E-state index contributed by atoms with van der Waals surface area (Å²) in [6, 6.07) is 1.29. The predicted molar refractivity (Wildman–Crippen MR) is 46.7 cm³/mol. The molecule has 1 aromatic rings. The second kappa shape index (κ2) is 4.12. The Balaban J connectivity index is 3.47. The van der Waals surface area contributed by atoms with E-state index in [2.05, 4.69) is 9.72 Å². The highest BCUT2D eigenvalue weighted by molar-refractivity contribution is 5.66. The molecule has 0 saturated heterocycles. The van der Waals surface area contributed by atoms with Crippen molar-refractivity contribution in [3.63, 3.8) is 0 Å². The SMILES string of the molecule is N#Cc1cnc(N)c([N+](=O)[O-])c1OC(F)(F)F. The van der Waals surface area contributed by atoms with Crippen LogP contribution in [0.2, 0.25) is 0 Å². The van der Waals surface area contributed by atoms with Crippen LogP contribution in [0.3, 0.4) is 0 Å². The third kappa shape index (κ3) is 2.71. The van der Waals surface area contributed by atoms with E-state index in [1.54, 1.807) is 0 Å². The summed E-state index contributed by atoms with van der Waals surface area (Å²) < 4.78 is 39.5. The third-order valence-corrected chi connectivity index (χ3v) is 1.56. The van der Waals surface area contributed by atoms with Crippen molar-refractivity contribution in [3.8, 4) is 11.8 Å². The van der Waals surface area contributed by atoms with Gasteiger partial charge < -0.3 is 10.5 Å². The molecule has 0 saturated carbocycles. The van der Waals surface area contributed by atoms with Gasteiger partial charge in [-0.3, -0.25) is 10.1 Å². The van der Waals surface area contributed by atoms with Crippen LogP contribution in [-0.2, 0) is 0 Å². The molecule has 0 radical (unpaired) electrons. The Morgan fingerprint density at radius 2 is 2.18 bits per heavy atom. The lowest BCUT2D eigenvalue weighted by molar-refractivity contribution is -0.388. The molecule has 90 valence electrons. The van der Waals surface area contributed by atoms with Crippen molar-refractivity contribution in [2.24, 2.45) is 0 Å². The Kier molecular flexibility index (Phi) is 3.03. The lowest BCUT2D eigenvalue weighted by atomic mass is 10.2. The number of nitriles is 1. The molecule has 0 spiro atoms. The summed E-state index contributed by atoms with van der Waals surface area (Å²) >= 11 is 0. The van der Waals surface area contributed by atoms with Gasteiger partial charge in [-0.1, -0.05) is 0 Å². The maximum absolute atomic E-state index is 12.0. The van der Waals surface area contributed by atoms with Gasteiger partial charge in [-0.25, -0.2) is 4.98 Å². The van der Waals surface area contributed by atoms with E-state index in [0.29, 0.717) is 6.20 Å². The number of anilines is 1. The van der Waals surface area contributed by atoms with Crippen molar-refractivity contribution in [3.05, 3.63) is 21.9 Å². The normalized spacial score (nSPS) is 10.7. The van der Waals surface area contributed by atoms with Gasteiger partial charge >= 0.3 is 12.0 Å². The number of hydrogen-bond acceptors (Lipinski definition) is 6. The van der Waals surface area contributed by atoms with E-state index < -0.39 is 34.1 Å². The number of nitrogens with two attached hydrogens (primary N) is 1. The zero-order valence-electron chi connectivity index (χ0n) is 7.85. The molecular weight excluding hydrogens is 245 g/mol. The summed E-state index contributed by atoms with van der Waals surface area (Å²) in [5.41, 5.74) is 3.13. The van der Waals surface area contributed by atoms with Gasteiger partial charge in [0, 0.05) is 0 Å². The van der Waals surface area contributed by atoms with E-state index in [-0.39, 0.29) is 0 Å². The first-order valence-electron chi connectivity index (χ1n) is 3.85. The molecule has 7 nitrogen and oxygen atoms in total. The van der Waals surface area contributed by atoms with Crippen LogP contribution >= 0.6 is 0 Å². The summed E-state index contributed by atoms with van der Waals surface area (Å²) in [6.07, 6.45) is -4.52. The van der Waals surface area contributed by atoms with Crippen molar-refractivity contribution in [1.29, 1.82) is 5.26 Å². The van der Waals surface area contributed by atoms with Gasteiger partial charge in [0.2, 0.25) is 11.6 Å². The van der Waals surface area contributed by atoms with E-state index in [0.717, 1.165) is 0 Å². The summed E-state index contributed by atoms with van der Waals surface area (Å²) in [5.74, 6) is -2.04. The van der Waals surface area contributed by atoms with Crippen molar-refractivity contribution in [2.75, 3.05) is 5.73 Å². The quantitative estimate of drug-likeness (QED) is 0.623. The average Bonchev–Trinajstić information content (AvgIpc) is 2.15. The number of halogens is 3. The summed E-state index contributed by atoms with van der Waals surface area (Å²) in [4.78, 5) is 12.5. The lowest BCUT2D eigenvalue weighted by Crippen LogP contribution is -2.19. The fourth-order valence-corrected chi connectivity index (χ4v) is 0.973. The zero-order chi connectivity index (χ0) is 13.2. The van der Waals surface area contributed by atoms with Gasteiger partial charge in [0.15, 0.2) is 0 Å². The Labute approximate surface area is 91.4 Å². The predicted octanol–water partition coefficient (Wildman–Crippen LogP) is 1.34. The molecule has 0 aliphatic rings. The first kappa shape index (κ1) is 12.5. The molecule has 1 aromatic heterocycles. The molecule has 1 heterocycles. The van der Waals surface area contributed by atoms with Gasteiger partial charge in [-0.05, 0) is 0 Å². The highest BCUT2D eigenvalue weighted by Crippen LogP contribution is 2.37. The smallest absolute Gasteiger partial charge is 0.397 e. The Bertz CT molecular complexity index is 508. The number of nitrogen functional groups attached to an aromatic ring is 1. The number of aromatic nitrogens is 1. The van der Waals surface area contributed by atoms with Crippen molar-refractivity contribution in [1.82, 2.24) is 4.98 Å². The molecule has 0 fully saturated rings. The van der Waals surface area contributed by atoms with Crippen molar-refractivity contribution < 1.29 is 22.8 Å². The zero-order valence-corrected chi connectivity index (χ0v) is 7.85. The van der Waals surface area contributed by atoms with E-state index in [9.17, 15) is 23.3 Å². The largest absolute Gasteiger partial charge is 0.573 e. The Morgan fingerprint density at radius 1 is 1.59 bits per heavy atom. The van der Waals surface area contributed by atoms with Crippen LogP contribution in [-0.4, -0.2) is 16.3 Å². The summed E-state index contributed by atoms with van der Waals surface area (Å²) in [6.45, 7) is 0. The molecule has 0 aromatic carbocycles. The molecule has 0 unspecified atom stereocenters. The number of alkyl halides is 3. The fourth-order valence-electron chi connectivity index (χ4n) is 0.973. The molecule has 17 heavy (non-hydrogen) atoms. The van der Waals surface area contributed by atoms with Crippen LogP contribution < -0.4 is 10.5 Å². The van der Waals surface area contributed by atoms with Crippen LogP contribution in [0.1, 0.15) is 5.56 Å². The molecule has 0 bridgehead atoms. The molecule has 0 atom stereocenters. The van der Waals surface area contributed by atoms with Crippen LogP contribution in [0.4, 0.5) is 24.7 Å². The lowest BCUT2D eigenvalue weighted by Gasteiger charge is -2.10. The number of rotatable bonds is 2. The minimum atomic E-state index is -5.18. The highest BCUT2D eigenvalue weighted by Gasteiger charge is 2.37. The molecule has 0 amide bonds. The third-order valence-electron chi connectivity index (χ3n) is 1.56. The molecule has 1 rings (SSSR count). The molecule has 0 aliphatic heterocycles. The second-order valence-corrected chi connectivity index (χ2v) is 2.65. The van der Waals surface area contributed by atoms with Gasteiger partial charge in [0.05, 0.1) is 11.1 Å². The average molecular weight is 248 g/mol. The number of ether oxygens (including phenoxy) is 1. The molecule has 10 heteroatoms. The topological polar surface area (TPSA) is 115 Å². The number of pyridine rings is 1. The first-order valence-corrected chi connectivity index (χ1v) is 3.85. The number of nitro groups is 1. The fraction of sp³-hybridized carbons (Fsp3) is 0.143. The van der Waals surface area contributed by atoms with Crippen molar-refractivity contribution >= 4 is 11.5 Å². The van der Waals surface area contributed by atoms with Gasteiger partial charge in [-0.2, -0.15) is 5.26 Å². The van der Waals surface area contributed by atoms with E-state index >= 15 is 0 Å². The molecular formula is C7H3F3N4O3. The molecule has 0 aliphatic carbocycles. The van der Waals surface area contributed by atoms with E-state index in [4.69, 9.17) is 11.0 Å². The van der Waals surface area contributed by atoms with E-state index in [1.807, 2.05) is 0 Å². The minimum Gasteiger partial charge on any atom is -0.397 e. The highest BCUT2D eigenvalue weighted by atomic mass is 19.4. The summed E-state index contributed by atoms with van der Waals surface area (Å²) in [7, 11) is 0. The van der Waals surface area contributed by atoms with Crippen LogP contribution in [0.15, 0.2) is 6.20 Å². The monoisotopic (exact) mass is 248 g/mol. The molecule has 2 N–H and O–H groups in total. The maximum Gasteiger partial charge on any atom is 0.573 e. The van der Waals surface area contributed by atoms with Gasteiger partial charge in [-0.15, -0.1) is 13.2 Å². The Morgan fingerprint density at radius 3 is 2.59 bits per heavy atom. The van der Waals surface area contributed by atoms with Crippen molar-refractivity contribution in [2.45, 2.75) is 6.36 Å². The standard InChI is InChI=1S/C7H3F3N4O3/c8-7(9,10)17-5-3(1-11)2-13-6(12)4(5)14(15)16/h2H,(H2,12,13). The van der Waals surface area contributed by atoms with Crippen LogP contribution in [0.5, 0.6) is 5.75 Å². The number of nitrogens with zero attached hydrogens (tertiary/aromatic N) is 3. The number of hydrogen-bond donors (Lipinski definition) is 1. The van der Waals surface area contributed by atoms with E-state index in [1.165, 1.54) is 6.07 Å². The van der Waals surface area contributed by atoms with Crippen LogP contribution in [0.25, 0.3) is 0 Å². The summed E-state index contributed by atoms with van der Waals surface area (Å²) in [5, 5.41) is 19.0. The van der Waals surface area contributed by atoms with Crippen LogP contribution in [0, 0.1) is 21.4 Å².